The number of carboxylic acids is 2. The minimum Gasteiger partial charge on any atom is -0.506 e. The first kappa shape index (κ1) is 58.2. The maximum atomic E-state index is 12.0. The molecule has 0 spiro atoms. The number of nitrogens with one attached hydrogen (secondary N) is 3. The molecule has 0 aliphatic carbocycles. The van der Waals surface area contributed by atoms with E-state index in [1.165, 1.54) is 73.1 Å². The molecular weight excluding hydrogens is 1050 g/mol. The summed E-state index contributed by atoms with van der Waals surface area (Å²) in [6, 6.07) is 40.2. The summed E-state index contributed by atoms with van der Waals surface area (Å²) in [6.07, 6.45) is 16.8. The highest BCUT2D eigenvalue weighted by molar-refractivity contribution is 6.33. The molecule has 17 nitrogen and oxygen atoms in total. The number of hydrogen-bond donors (Lipinski definition) is 8. The van der Waals surface area contributed by atoms with E-state index >= 15 is 0 Å². The first-order valence-electron chi connectivity index (χ1n) is 22.7. The van der Waals surface area contributed by atoms with Gasteiger partial charge in [0.2, 0.25) is 0 Å². The van der Waals surface area contributed by atoms with Crippen LogP contribution in [0.15, 0.2) is 179 Å². The van der Waals surface area contributed by atoms with Gasteiger partial charge in [0.1, 0.15) is 17.2 Å². The van der Waals surface area contributed by atoms with Crippen LogP contribution in [-0.2, 0) is 9.59 Å². The number of benzene rings is 6. The van der Waals surface area contributed by atoms with Crippen LogP contribution in [0.2, 0.25) is 15.1 Å². The first-order chi connectivity index (χ1) is 37.0. The zero-order chi connectivity index (χ0) is 55.5. The number of phenols is 3. The molecule has 77 heavy (non-hydrogen) atoms. The second-order valence-corrected chi connectivity index (χ2v) is 16.9. The molecule has 20 heteroatoms. The Morgan fingerprint density at radius 1 is 0.468 bits per heavy atom. The van der Waals surface area contributed by atoms with Crippen LogP contribution in [0.4, 0.5) is 0 Å². The van der Waals surface area contributed by atoms with E-state index in [0.29, 0.717) is 23.1 Å². The molecule has 0 saturated heterocycles. The minimum atomic E-state index is -1.03. The summed E-state index contributed by atoms with van der Waals surface area (Å²) in [5, 5.41) is 57.2. The van der Waals surface area contributed by atoms with E-state index in [2.05, 4.69) is 36.6 Å². The Kier molecular flexibility index (Phi) is 23.1. The Hall–Kier alpha value is -9.68. The van der Waals surface area contributed by atoms with E-state index < -0.39 is 29.7 Å². The fourth-order valence-electron chi connectivity index (χ4n) is 6.11. The van der Waals surface area contributed by atoms with Crippen LogP contribution in [0.5, 0.6) is 17.2 Å². The lowest BCUT2D eigenvalue weighted by Gasteiger charge is -2.02. The Morgan fingerprint density at radius 3 is 1.25 bits per heavy atom. The molecule has 0 aliphatic rings. The molecule has 1 heterocycles. The number of allylic oxidation sites excluding steroid dienone is 1. The summed E-state index contributed by atoms with van der Waals surface area (Å²) in [7, 11) is 0. The summed E-state index contributed by atoms with van der Waals surface area (Å²) in [5.74, 6) is -3.49. The summed E-state index contributed by atoms with van der Waals surface area (Å²) in [5.41, 5.74) is 13.7. The number of rotatable bonds is 17. The van der Waals surface area contributed by atoms with Crippen LogP contribution < -0.4 is 16.3 Å². The predicted molar refractivity (Wildman–Crippen MR) is 300 cm³/mol. The second-order valence-electron chi connectivity index (χ2n) is 15.7. The van der Waals surface area contributed by atoms with Gasteiger partial charge in [0, 0.05) is 35.4 Å². The molecule has 1 aromatic heterocycles. The Balaban J connectivity index is 0.000000213. The SMILES string of the molecule is O=C(N/N=C/c1cccc(/C=C/c2ccccn2)c1)c1ccc(O)c(Cl)c1.O=C(O)/C=C/c1cccc(/C=N/NC(=O)c2ccc(O)c(Cl)c2)c1.O=C(O)CC/C=C/c1cccc(/C=N/NC(=O)c2ccc(O)c(Cl)c2)c1. The van der Waals surface area contributed by atoms with Gasteiger partial charge >= 0.3 is 11.9 Å². The van der Waals surface area contributed by atoms with Crippen LogP contribution in [0.3, 0.4) is 0 Å². The van der Waals surface area contributed by atoms with Gasteiger partial charge in [-0.25, -0.2) is 21.1 Å². The number of nitrogens with zero attached hydrogens (tertiary/aromatic N) is 4. The summed E-state index contributed by atoms with van der Waals surface area (Å²) in [6.45, 7) is 0. The third-order valence-corrected chi connectivity index (χ3v) is 10.8. The van der Waals surface area contributed by atoms with Crippen molar-refractivity contribution in [3.63, 3.8) is 0 Å². The van der Waals surface area contributed by atoms with Crippen LogP contribution in [0.1, 0.15) is 83.0 Å². The zero-order valence-corrected chi connectivity index (χ0v) is 42.5. The van der Waals surface area contributed by atoms with Gasteiger partial charge in [0.05, 0.1) is 39.4 Å². The maximum absolute atomic E-state index is 12.0. The molecule has 0 saturated carbocycles. The maximum Gasteiger partial charge on any atom is 0.328 e. The number of aromatic nitrogens is 1. The number of carboxylic acid groups (broad SMARTS) is 2. The van der Waals surface area contributed by atoms with Gasteiger partial charge in [-0.15, -0.1) is 0 Å². The molecule has 390 valence electrons. The van der Waals surface area contributed by atoms with E-state index in [9.17, 15) is 39.3 Å². The molecule has 3 amide bonds. The van der Waals surface area contributed by atoms with E-state index in [1.54, 1.807) is 42.8 Å². The molecule has 0 unspecified atom stereocenters. The van der Waals surface area contributed by atoms with Gasteiger partial charge in [-0.1, -0.05) is 114 Å². The van der Waals surface area contributed by atoms with E-state index in [-0.39, 0.29) is 49.9 Å². The van der Waals surface area contributed by atoms with Crippen LogP contribution >= 0.6 is 34.8 Å². The average Bonchev–Trinajstić information content (AvgIpc) is 3.42. The molecule has 0 aliphatic heterocycles. The van der Waals surface area contributed by atoms with Crippen molar-refractivity contribution in [2.75, 3.05) is 0 Å². The predicted octanol–water partition coefficient (Wildman–Crippen LogP) is 11.0. The van der Waals surface area contributed by atoms with Crippen molar-refractivity contribution in [3.05, 3.63) is 235 Å². The highest BCUT2D eigenvalue weighted by Crippen LogP contribution is 2.25. The zero-order valence-electron chi connectivity index (χ0n) is 40.2. The minimum absolute atomic E-state index is 0.0737. The van der Waals surface area contributed by atoms with Crippen LogP contribution in [0, 0.1) is 0 Å². The van der Waals surface area contributed by atoms with Crippen molar-refractivity contribution in [1.82, 2.24) is 21.3 Å². The summed E-state index contributed by atoms with van der Waals surface area (Å²) >= 11 is 17.3. The number of carbonyl (C=O) groups excluding carboxylic acids is 3. The standard InChI is InChI=1S/C21H16ClN3O2.C19H17ClN2O4.C17H13ClN2O4/c22-19-13-17(8-10-20(19)26)21(27)25-24-14-16-5-3-4-15(12-16)7-9-18-6-1-2-11-23-18;20-16-11-15(8-9-17(16)23)19(26)22-21-12-14-6-3-5-13(10-14)4-1-2-7-18(24)25;18-14-9-13(5-6-15(14)21)17(24)20-19-10-12-3-1-2-11(8-12)4-7-16(22)23/h1-14,26H,(H,25,27);1,3-6,8-12,23H,2,7H2,(H,22,26)(H,24,25);1-10,21H,(H,20,24)(H,22,23)/b9-7+,24-14+;4-1+,21-12+;7-4+,19-10+. The number of amides is 3. The van der Waals surface area contributed by atoms with Crippen molar-refractivity contribution >= 4 is 107 Å². The molecular formula is C57H46Cl3N7O10. The molecule has 6 aromatic carbocycles. The lowest BCUT2D eigenvalue weighted by Crippen LogP contribution is -2.17. The Bertz CT molecular complexity index is 3400. The number of aromatic hydroxyl groups is 3. The van der Waals surface area contributed by atoms with Crippen molar-refractivity contribution < 1.29 is 49.5 Å². The van der Waals surface area contributed by atoms with Gasteiger partial charge in [-0.3, -0.25) is 24.2 Å². The lowest BCUT2D eigenvalue weighted by molar-refractivity contribution is -0.137. The van der Waals surface area contributed by atoms with Gasteiger partial charge in [0.25, 0.3) is 17.7 Å². The highest BCUT2D eigenvalue weighted by Gasteiger charge is 2.10. The molecule has 8 N–H and O–H groups in total. The number of halogens is 3. The van der Waals surface area contributed by atoms with Crippen LogP contribution in [0.25, 0.3) is 24.3 Å². The number of aliphatic carboxylic acids is 2. The van der Waals surface area contributed by atoms with Crippen molar-refractivity contribution in [1.29, 1.82) is 0 Å². The normalized spacial score (nSPS) is 11.1. The number of pyridine rings is 1. The molecule has 0 atom stereocenters. The fraction of sp³-hybridized carbons (Fsp3) is 0.0351. The van der Waals surface area contributed by atoms with E-state index in [0.717, 1.165) is 34.0 Å². The van der Waals surface area contributed by atoms with Crippen molar-refractivity contribution in [3.8, 4) is 17.2 Å². The van der Waals surface area contributed by atoms with Crippen molar-refractivity contribution in [2.45, 2.75) is 12.8 Å². The molecule has 0 bridgehead atoms. The number of hydrogen-bond acceptors (Lipinski definition) is 12. The Labute approximate surface area is 456 Å². The molecule has 0 fully saturated rings. The monoisotopic (exact) mass is 1090 g/mol. The number of hydrazone groups is 3. The second kappa shape index (κ2) is 30.5. The summed E-state index contributed by atoms with van der Waals surface area (Å²) < 4.78 is 0. The third-order valence-electron chi connectivity index (χ3n) is 9.89. The largest absolute Gasteiger partial charge is 0.506 e. The quantitative estimate of drug-likeness (QED) is 0.0241. The number of phenolic OH excluding ortho intramolecular Hbond substituents is 3. The third kappa shape index (κ3) is 21.0. The van der Waals surface area contributed by atoms with E-state index in [4.69, 9.17) is 45.0 Å². The van der Waals surface area contributed by atoms with E-state index in [1.807, 2.05) is 85.0 Å². The van der Waals surface area contributed by atoms with Gasteiger partial charge in [0.15, 0.2) is 0 Å². The first-order valence-corrected chi connectivity index (χ1v) is 23.8. The topological polar surface area (TPSA) is 273 Å². The van der Waals surface area contributed by atoms with Gasteiger partial charge in [-0.05, 0) is 137 Å². The number of carbonyl (C=O) groups is 5. The van der Waals surface area contributed by atoms with Gasteiger partial charge in [-0.2, -0.15) is 15.3 Å². The average molecular weight is 1100 g/mol. The molecule has 0 radical (unpaired) electrons. The Morgan fingerprint density at radius 2 is 0.870 bits per heavy atom. The lowest BCUT2D eigenvalue weighted by atomic mass is 10.1. The van der Waals surface area contributed by atoms with Crippen LogP contribution in [-0.4, -0.2) is 78.8 Å². The smallest absolute Gasteiger partial charge is 0.328 e. The van der Waals surface area contributed by atoms with Crippen molar-refractivity contribution in [2.24, 2.45) is 15.3 Å². The van der Waals surface area contributed by atoms with Gasteiger partial charge < -0.3 is 25.5 Å². The molecule has 7 aromatic rings. The highest BCUT2D eigenvalue weighted by atomic mass is 35.5. The summed E-state index contributed by atoms with van der Waals surface area (Å²) in [4.78, 5) is 61.1. The molecule has 7 rings (SSSR count). The fourth-order valence-corrected chi connectivity index (χ4v) is 6.65.